The highest BCUT2D eigenvalue weighted by molar-refractivity contribution is 7.09. The minimum Gasteiger partial charge on any atom is -0.356 e. The minimum absolute atomic E-state index is 0.0595. The van der Waals surface area contributed by atoms with E-state index in [4.69, 9.17) is 0 Å². The van der Waals surface area contributed by atoms with E-state index < -0.39 is 0 Å². The molecule has 134 valence electrons. The molecule has 0 fully saturated rings. The van der Waals surface area contributed by atoms with Crippen LogP contribution in [-0.2, 0) is 17.8 Å². The average molecular weight is 362 g/mol. The molecule has 0 aliphatic carbocycles. The minimum atomic E-state index is -0.237. The molecule has 5 nitrogen and oxygen atoms in total. The SMILES string of the molecule is CN(C)C(=O)CN=C(NCCc1ccc(F)cc1)NCc1cccs1. The zero-order chi connectivity index (χ0) is 18.1. The zero-order valence-corrected chi connectivity index (χ0v) is 15.3. The van der Waals surface area contributed by atoms with Gasteiger partial charge in [-0.1, -0.05) is 18.2 Å². The average Bonchev–Trinajstić information content (AvgIpc) is 3.11. The van der Waals surface area contributed by atoms with E-state index in [0.717, 1.165) is 12.0 Å². The largest absolute Gasteiger partial charge is 0.356 e. The Hall–Kier alpha value is -2.41. The van der Waals surface area contributed by atoms with Crippen molar-refractivity contribution in [2.24, 2.45) is 4.99 Å². The molecule has 0 aliphatic heterocycles. The Morgan fingerprint density at radius 2 is 1.96 bits per heavy atom. The predicted octanol–water partition coefficient (Wildman–Crippen LogP) is 2.25. The molecule has 0 saturated heterocycles. The number of benzene rings is 1. The molecule has 0 spiro atoms. The standard InChI is InChI=1S/C18H23FN4OS/c1-23(2)17(24)13-22-18(21-12-16-4-3-11-25-16)20-10-9-14-5-7-15(19)8-6-14/h3-8,11H,9-10,12-13H2,1-2H3,(H2,20,21,22). The van der Waals surface area contributed by atoms with Gasteiger partial charge in [0.1, 0.15) is 12.4 Å². The molecule has 0 unspecified atom stereocenters. The summed E-state index contributed by atoms with van der Waals surface area (Å²) in [5.74, 6) is 0.292. The van der Waals surface area contributed by atoms with Crippen LogP contribution < -0.4 is 10.6 Å². The molecule has 1 aromatic carbocycles. The third-order valence-corrected chi connectivity index (χ3v) is 4.38. The van der Waals surface area contributed by atoms with Crippen molar-refractivity contribution < 1.29 is 9.18 Å². The summed E-state index contributed by atoms with van der Waals surface area (Å²) in [6.07, 6.45) is 0.738. The number of aliphatic imine (C=N–C) groups is 1. The summed E-state index contributed by atoms with van der Waals surface area (Å²) in [6, 6.07) is 10.5. The molecule has 1 heterocycles. The molecule has 0 bridgehead atoms. The second-order valence-electron chi connectivity index (χ2n) is 5.69. The van der Waals surface area contributed by atoms with Crippen molar-refractivity contribution in [2.45, 2.75) is 13.0 Å². The van der Waals surface area contributed by atoms with E-state index in [0.29, 0.717) is 19.0 Å². The molecule has 0 saturated carbocycles. The summed E-state index contributed by atoms with van der Waals surface area (Å²) in [5, 5.41) is 8.47. The Kier molecular flexibility index (Phi) is 7.40. The molecule has 2 N–H and O–H groups in total. The van der Waals surface area contributed by atoms with E-state index in [9.17, 15) is 9.18 Å². The Balaban J connectivity index is 1.89. The summed E-state index contributed by atoms with van der Waals surface area (Å²) >= 11 is 1.66. The first-order chi connectivity index (χ1) is 12.0. The van der Waals surface area contributed by atoms with Crippen LogP contribution in [0.1, 0.15) is 10.4 Å². The topological polar surface area (TPSA) is 56.7 Å². The van der Waals surface area contributed by atoms with Crippen LogP contribution in [0.2, 0.25) is 0 Å². The molecule has 0 radical (unpaired) electrons. The van der Waals surface area contributed by atoms with Gasteiger partial charge in [-0.25, -0.2) is 9.38 Å². The van der Waals surface area contributed by atoms with E-state index in [2.05, 4.69) is 15.6 Å². The third-order valence-electron chi connectivity index (χ3n) is 3.50. The molecule has 2 aromatic rings. The van der Waals surface area contributed by atoms with Gasteiger partial charge in [0.2, 0.25) is 5.91 Å². The molecule has 0 aliphatic rings. The number of carbonyl (C=O) groups excluding carboxylic acids is 1. The monoisotopic (exact) mass is 362 g/mol. The van der Waals surface area contributed by atoms with E-state index in [1.165, 1.54) is 21.9 Å². The first-order valence-electron chi connectivity index (χ1n) is 8.04. The highest BCUT2D eigenvalue weighted by Gasteiger charge is 2.05. The normalized spacial score (nSPS) is 11.2. The number of guanidine groups is 1. The maximum absolute atomic E-state index is 12.9. The molecule has 0 atom stereocenters. The predicted molar refractivity (Wildman–Crippen MR) is 100 cm³/mol. The lowest BCUT2D eigenvalue weighted by molar-refractivity contribution is -0.127. The van der Waals surface area contributed by atoms with Gasteiger partial charge in [0.05, 0.1) is 6.54 Å². The van der Waals surface area contributed by atoms with Gasteiger partial charge in [-0.05, 0) is 35.6 Å². The van der Waals surface area contributed by atoms with Gasteiger partial charge in [-0.3, -0.25) is 4.79 Å². The van der Waals surface area contributed by atoms with E-state index in [1.54, 1.807) is 37.6 Å². The number of amides is 1. The van der Waals surface area contributed by atoms with Gasteiger partial charge in [0.15, 0.2) is 5.96 Å². The fraction of sp³-hybridized carbons (Fsp3) is 0.333. The van der Waals surface area contributed by atoms with Crippen LogP contribution in [0.3, 0.4) is 0 Å². The fourth-order valence-corrected chi connectivity index (χ4v) is 2.67. The number of rotatable bonds is 7. The summed E-state index contributed by atoms with van der Waals surface area (Å²) < 4.78 is 12.9. The van der Waals surface area contributed by atoms with E-state index >= 15 is 0 Å². The first kappa shape index (κ1) is 18.9. The van der Waals surface area contributed by atoms with Gasteiger partial charge in [0, 0.05) is 25.5 Å². The Bertz CT molecular complexity index is 684. The van der Waals surface area contributed by atoms with Crippen molar-refractivity contribution in [3.05, 3.63) is 58.0 Å². The fourth-order valence-electron chi connectivity index (χ4n) is 2.02. The van der Waals surface area contributed by atoms with Crippen molar-refractivity contribution in [1.82, 2.24) is 15.5 Å². The summed E-state index contributed by atoms with van der Waals surface area (Å²) in [6.45, 7) is 1.37. The molecule has 2 rings (SSSR count). The number of nitrogens with zero attached hydrogens (tertiary/aromatic N) is 2. The van der Waals surface area contributed by atoms with Crippen molar-refractivity contribution in [3.63, 3.8) is 0 Å². The summed E-state index contributed by atoms with van der Waals surface area (Å²) in [7, 11) is 3.41. The number of thiophene rings is 1. The van der Waals surface area contributed by atoms with Crippen LogP contribution in [0.4, 0.5) is 4.39 Å². The first-order valence-corrected chi connectivity index (χ1v) is 8.91. The molecule has 1 amide bonds. The lowest BCUT2D eigenvalue weighted by Gasteiger charge is -2.13. The Morgan fingerprint density at radius 1 is 1.20 bits per heavy atom. The summed E-state index contributed by atoms with van der Waals surface area (Å²) in [4.78, 5) is 18.8. The zero-order valence-electron chi connectivity index (χ0n) is 14.5. The number of nitrogens with one attached hydrogen (secondary N) is 2. The van der Waals surface area contributed by atoms with Crippen molar-refractivity contribution in [1.29, 1.82) is 0 Å². The number of carbonyl (C=O) groups is 1. The maximum Gasteiger partial charge on any atom is 0.243 e. The third kappa shape index (κ3) is 6.93. The van der Waals surface area contributed by atoms with Crippen LogP contribution in [0, 0.1) is 5.82 Å². The van der Waals surface area contributed by atoms with Gasteiger partial charge in [-0.2, -0.15) is 0 Å². The Labute approximate surface area is 151 Å². The van der Waals surface area contributed by atoms with Crippen LogP contribution in [0.15, 0.2) is 46.8 Å². The number of hydrogen-bond donors (Lipinski definition) is 2. The Morgan fingerprint density at radius 3 is 2.60 bits per heavy atom. The van der Waals surface area contributed by atoms with Crippen LogP contribution in [0.5, 0.6) is 0 Å². The smallest absolute Gasteiger partial charge is 0.243 e. The van der Waals surface area contributed by atoms with Crippen molar-refractivity contribution >= 4 is 23.2 Å². The lowest BCUT2D eigenvalue weighted by Crippen LogP contribution is -2.39. The second-order valence-corrected chi connectivity index (χ2v) is 6.72. The number of hydrogen-bond acceptors (Lipinski definition) is 3. The maximum atomic E-state index is 12.9. The van der Waals surface area contributed by atoms with Crippen molar-refractivity contribution in [3.8, 4) is 0 Å². The molecule has 25 heavy (non-hydrogen) atoms. The molecule has 7 heteroatoms. The van der Waals surface area contributed by atoms with Crippen LogP contribution in [0.25, 0.3) is 0 Å². The van der Waals surface area contributed by atoms with E-state index in [-0.39, 0.29) is 18.3 Å². The highest BCUT2D eigenvalue weighted by atomic mass is 32.1. The van der Waals surface area contributed by atoms with Crippen LogP contribution in [-0.4, -0.2) is 44.0 Å². The van der Waals surface area contributed by atoms with E-state index in [1.807, 2.05) is 17.5 Å². The lowest BCUT2D eigenvalue weighted by atomic mass is 10.1. The molecular formula is C18H23FN4OS. The van der Waals surface area contributed by atoms with Crippen molar-refractivity contribution in [2.75, 3.05) is 27.2 Å². The highest BCUT2D eigenvalue weighted by Crippen LogP contribution is 2.07. The van der Waals surface area contributed by atoms with Gasteiger partial charge in [0.25, 0.3) is 0 Å². The van der Waals surface area contributed by atoms with Gasteiger partial charge >= 0.3 is 0 Å². The van der Waals surface area contributed by atoms with Gasteiger partial charge in [-0.15, -0.1) is 11.3 Å². The second kappa shape index (κ2) is 9.78. The molecule has 1 aromatic heterocycles. The number of likely N-dealkylation sites (N-methyl/N-ethyl adjacent to an activating group) is 1. The molecular weight excluding hydrogens is 339 g/mol. The van der Waals surface area contributed by atoms with Gasteiger partial charge < -0.3 is 15.5 Å². The number of halogens is 1. The van der Waals surface area contributed by atoms with Crippen LogP contribution >= 0.6 is 11.3 Å². The quantitative estimate of drug-likeness (QED) is 0.587. The summed E-state index contributed by atoms with van der Waals surface area (Å²) in [5.41, 5.74) is 1.04.